The molecule has 4 rings (SSSR count). The molecular weight excluding hydrogens is 274 g/mol. The molecule has 2 aromatic rings. The van der Waals surface area contributed by atoms with Gasteiger partial charge in [0.15, 0.2) is 5.78 Å². The Morgan fingerprint density at radius 2 is 1.82 bits per heavy atom. The van der Waals surface area contributed by atoms with Gasteiger partial charge < -0.3 is 9.64 Å². The summed E-state index contributed by atoms with van der Waals surface area (Å²) in [4.78, 5) is 15.5. The fourth-order valence-corrected chi connectivity index (χ4v) is 3.95. The molecule has 0 saturated carbocycles. The Balaban J connectivity index is 1.81. The molecule has 0 aromatic heterocycles. The van der Waals surface area contributed by atoms with E-state index >= 15 is 0 Å². The van der Waals surface area contributed by atoms with Crippen LogP contribution >= 0.6 is 0 Å². The van der Waals surface area contributed by atoms with Crippen LogP contribution in [0.1, 0.15) is 21.8 Å². The predicted octanol–water partition coefficient (Wildman–Crippen LogP) is 2.98. The smallest absolute Gasteiger partial charge is 0.178 e. The van der Waals surface area contributed by atoms with E-state index < -0.39 is 5.41 Å². The number of carbonyl (C=O) groups excluding carboxylic acids is 1. The summed E-state index contributed by atoms with van der Waals surface area (Å²) in [6, 6.07) is 18.0. The minimum atomic E-state index is -0.468. The van der Waals surface area contributed by atoms with Crippen LogP contribution in [0.5, 0.6) is 5.75 Å². The summed E-state index contributed by atoms with van der Waals surface area (Å²) in [6.45, 7) is 2.10. The summed E-state index contributed by atoms with van der Waals surface area (Å²) in [6.07, 6.45) is 0. The zero-order valence-corrected chi connectivity index (χ0v) is 12.7. The molecule has 1 spiro atoms. The van der Waals surface area contributed by atoms with Crippen molar-refractivity contribution in [3.8, 4) is 5.75 Å². The largest absolute Gasteiger partial charge is 0.492 e. The second kappa shape index (κ2) is 4.96. The molecule has 0 N–H and O–H groups in total. The van der Waals surface area contributed by atoms with E-state index in [4.69, 9.17) is 4.74 Å². The van der Waals surface area contributed by atoms with E-state index in [2.05, 4.69) is 24.1 Å². The van der Waals surface area contributed by atoms with E-state index in [9.17, 15) is 4.79 Å². The number of fused-ring (bicyclic) bond motifs is 1. The van der Waals surface area contributed by atoms with Gasteiger partial charge in [0.1, 0.15) is 12.4 Å². The van der Waals surface area contributed by atoms with Crippen LogP contribution in [0.3, 0.4) is 0 Å². The van der Waals surface area contributed by atoms with Crippen LogP contribution in [0.4, 0.5) is 0 Å². The van der Waals surface area contributed by atoms with Crippen LogP contribution in [0.2, 0.25) is 0 Å². The van der Waals surface area contributed by atoms with Crippen molar-refractivity contribution in [1.29, 1.82) is 0 Å². The highest BCUT2D eigenvalue weighted by Gasteiger charge is 2.54. The molecule has 0 radical (unpaired) electrons. The SMILES string of the molecule is CN1C[C@H](c2ccccc2)[C@@]2(COc3ccccc3C2=O)C1. The lowest BCUT2D eigenvalue weighted by Crippen LogP contribution is -2.46. The molecule has 22 heavy (non-hydrogen) atoms. The summed E-state index contributed by atoms with van der Waals surface area (Å²) in [5.41, 5.74) is 1.48. The Morgan fingerprint density at radius 1 is 1.09 bits per heavy atom. The Morgan fingerprint density at radius 3 is 2.64 bits per heavy atom. The third-order valence-electron chi connectivity index (χ3n) is 4.98. The first-order valence-electron chi connectivity index (χ1n) is 7.71. The molecule has 1 fully saturated rings. The Hall–Kier alpha value is -2.13. The number of benzene rings is 2. The van der Waals surface area contributed by atoms with Gasteiger partial charge in [-0.3, -0.25) is 4.79 Å². The number of hydrogen-bond donors (Lipinski definition) is 0. The number of likely N-dealkylation sites (tertiary alicyclic amines) is 1. The molecule has 3 heteroatoms. The maximum absolute atomic E-state index is 13.3. The van der Waals surface area contributed by atoms with Crippen LogP contribution < -0.4 is 4.74 Å². The van der Waals surface area contributed by atoms with Gasteiger partial charge in [0, 0.05) is 19.0 Å². The number of carbonyl (C=O) groups is 1. The molecular formula is C19H19NO2. The first-order chi connectivity index (χ1) is 10.7. The predicted molar refractivity (Wildman–Crippen MR) is 85.4 cm³/mol. The van der Waals surface area contributed by atoms with Gasteiger partial charge in [-0.1, -0.05) is 42.5 Å². The van der Waals surface area contributed by atoms with Crippen molar-refractivity contribution in [1.82, 2.24) is 4.90 Å². The number of nitrogens with zero attached hydrogens (tertiary/aromatic N) is 1. The normalized spacial score (nSPS) is 27.7. The molecule has 0 amide bonds. The number of rotatable bonds is 1. The van der Waals surface area contributed by atoms with Crippen LogP contribution in [0.25, 0.3) is 0 Å². The minimum absolute atomic E-state index is 0.180. The maximum atomic E-state index is 13.3. The highest BCUT2D eigenvalue weighted by molar-refractivity contribution is 6.04. The van der Waals surface area contributed by atoms with Crippen LogP contribution in [0, 0.1) is 5.41 Å². The average Bonchev–Trinajstić information content (AvgIpc) is 2.90. The van der Waals surface area contributed by atoms with E-state index in [0.717, 1.165) is 24.4 Å². The highest BCUT2D eigenvalue weighted by atomic mass is 16.5. The van der Waals surface area contributed by atoms with E-state index in [0.29, 0.717) is 6.61 Å². The van der Waals surface area contributed by atoms with Crippen molar-refractivity contribution in [2.75, 3.05) is 26.7 Å². The molecule has 3 nitrogen and oxygen atoms in total. The number of likely N-dealkylation sites (N-methyl/N-ethyl adjacent to an activating group) is 1. The van der Waals surface area contributed by atoms with Gasteiger partial charge in [0.05, 0.1) is 11.0 Å². The van der Waals surface area contributed by atoms with Crippen molar-refractivity contribution >= 4 is 5.78 Å². The van der Waals surface area contributed by atoms with Crippen LogP contribution in [0.15, 0.2) is 54.6 Å². The first-order valence-corrected chi connectivity index (χ1v) is 7.71. The summed E-state index contributed by atoms with van der Waals surface area (Å²) in [5.74, 6) is 1.13. The van der Waals surface area contributed by atoms with Gasteiger partial charge in [-0.2, -0.15) is 0 Å². The lowest BCUT2D eigenvalue weighted by molar-refractivity contribution is 0.0593. The molecule has 2 aliphatic heterocycles. The van der Waals surface area contributed by atoms with Crippen molar-refractivity contribution in [3.63, 3.8) is 0 Å². The molecule has 0 bridgehead atoms. The van der Waals surface area contributed by atoms with Crippen LogP contribution in [-0.4, -0.2) is 37.4 Å². The summed E-state index contributed by atoms with van der Waals surface area (Å²) < 4.78 is 5.98. The number of para-hydroxylation sites is 1. The maximum Gasteiger partial charge on any atom is 0.178 e. The molecule has 2 aliphatic rings. The van der Waals surface area contributed by atoms with Crippen molar-refractivity contribution in [2.24, 2.45) is 5.41 Å². The van der Waals surface area contributed by atoms with Gasteiger partial charge >= 0.3 is 0 Å². The second-order valence-electron chi connectivity index (χ2n) is 6.43. The Labute approximate surface area is 130 Å². The molecule has 1 saturated heterocycles. The molecule has 2 aromatic carbocycles. The quantitative estimate of drug-likeness (QED) is 0.809. The van der Waals surface area contributed by atoms with E-state index in [1.54, 1.807) is 0 Å². The molecule has 2 heterocycles. The number of ketones is 1. The summed E-state index contributed by atoms with van der Waals surface area (Å²) in [7, 11) is 2.08. The zero-order valence-electron chi connectivity index (χ0n) is 12.7. The van der Waals surface area contributed by atoms with Crippen molar-refractivity contribution in [2.45, 2.75) is 5.92 Å². The van der Waals surface area contributed by atoms with Gasteiger partial charge in [-0.25, -0.2) is 0 Å². The lowest BCUT2D eigenvalue weighted by Gasteiger charge is -2.37. The Kier molecular flexibility index (Phi) is 3.05. The van der Waals surface area contributed by atoms with Crippen molar-refractivity contribution in [3.05, 3.63) is 65.7 Å². The van der Waals surface area contributed by atoms with E-state index in [-0.39, 0.29) is 11.7 Å². The zero-order chi connectivity index (χ0) is 15.2. The number of ether oxygens (including phenoxy) is 1. The third kappa shape index (κ3) is 1.89. The highest BCUT2D eigenvalue weighted by Crippen LogP contribution is 2.48. The average molecular weight is 293 g/mol. The molecule has 2 atom stereocenters. The third-order valence-corrected chi connectivity index (χ3v) is 4.98. The van der Waals surface area contributed by atoms with E-state index in [1.165, 1.54) is 5.56 Å². The van der Waals surface area contributed by atoms with Gasteiger partial charge in [0.2, 0.25) is 0 Å². The number of hydrogen-bond acceptors (Lipinski definition) is 3. The Bertz CT molecular complexity index is 712. The van der Waals surface area contributed by atoms with Gasteiger partial charge in [0.25, 0.3) is 0 Å². The first kappa shape index (κ1) is 13.5. The van der Waals surface area contributed by atoms with E-state index in [1.807, 2.05) is 42.5 Å². The number of Topliss-reactive ketones (excluding diaryl/α,β-unsaturated/α-hetero) is 1. The fraction of sp³-hybridized carbons (Fsp3) is 0.316. The van der Waals surface area contributed by atoms with Crippen LogP contribution in [-0.2, 0) is 0 Å². The standard InChI is InChI=1S/C19H19NO2/c1-20-11-16(14-7-3-2-4-8-14)19(12-20)13-22-17-10-6-5-9-15(17)18(19)21/h2-10,16H,11-13H2,1H3/t16-,19+/m1/s1. The monoisotopic (exact) mass is 293 g/mol. The summed E-state index contributed by atoms with van der Waals surface area (Å²) >= 11 is 0. The molecule has 0 unspecified atom stereocenters. The molecule has 112 valence electrons. The lowest BCUT2D eigenvalue weighted by atomic mass is 9.69. The second-order valence-corrected chi connectivity index (χ2v) is 6.43. The van der Waals surface area contributed by atoms with Crippen molar-refractivity contribution < 1.29 is 9.53 Å². The molecule has 0 aliphatic carbocycles. The topological polar surface area (TPSA) is 29.5 Å². The van der Waals surface area contributed by atoms with Gasteiger partial charge in [-0.15, -0.1) is 0 Å². The minimum Gasteiger partial charge on any atom is -0.492 e. The van der Waals surface area contributed by atoms with Gasteiger partial charge in [-0.05, 0) is 24.7 Å². The summed E-state index contributed by atoms with van der Waals surface area (Å²) in [5, 5.41) is 0. The fourth-order valence-electron chi connectivity index (χ4n) is 3.95.